The summed E-state index contributed by atoms with van der Waals surface area (Å²) in [5.74, 6) is -0.707. The van der Waals surface area contributed by atoms with Gasteiger partial charge in [0.1, 0.15) is 0 Å². The molecule has 0 radical (unpaired) electrons. The number of carbonyl (C=O) groups is 1. The highest BCUT2D eigenvalue weighted by Gasteiger charge is 2.22. The van der Waals surface area contributed by atoms with E-state index < -0.39 is 15.7 Å². The predicted octanol–water partition coefficient (Wildman–Crippen LogP) is 2.63. The second kappa shape index (κ2) is 7.06. The number of carbonyl (C=O) groups excluding carboxylic acids is 1. The Bertz CT molecular complexity index is 1080. The number of benzene rings is 2. The summed E-state index contributed by atoms with van der Waals surface area (Å²) in [5.41, 5.74) is 6.25. The Balaban J connectivity index is 1.93. The van der Waals surface area contributed by atoms with Crippen LogP contribution in [0.15, 0.2) is 52.3 Å². The number of nitrogens with one attached hydrogen (secondary N) is 1. The molecule has 26 heavy (non-hydrogen) atoms. The third-order valence-electron chi connectivity index (χ3n) is 3.63. The van der Waals surface area contributed by atoms with Crippen molar-refractivity contribution in [1.29, 1.82) is 0 Å². The Morgan fingerprint density at radius 1 is 1.08 bits per heavy atom. The lowest BCUT2D eigenvalue weighted by atomic mass is 10.1. The predicted molar refractivity (Wildman–Crippen MR) is 96.1 cm³/mol. The minimum Gasteiger partial charge on any atom is -0.364 e. The molecule has 0 aliphatic rings. The molecule has 134 valence electrons. The minimum atomic E-state index is -3.79. The average molecular weight is 411 g/mol. The monoisotopic (exact) mass is 410 g/mol. The largest absolute Gasteiger partial charge is 0.364 e. The number of rotatable bonds is 5. The molecule has 0 unspecified atom stereocenters. The summed E-state index contributed by atoms with van der Waals surface area (Å²) >= 11 is 12.0. The maximum Gasteiger partial charge on any atom is 0.271 e. The van der Waals surface area contributed by atoms with Gasteiger partial charge < -0.3 is 5.73 Å². The van der Waals surface area contributed by atoms with Crippen LogP contribution in [0.3, 0.4) is 0 Å². The van der Waals surface area contributed by atoms with Crippen LogP contribution in [0, 0.1) is 0 Å². The first kappa shape index (κ1) is 18.4. The number of amides is 1. The average Bonchev–Trinajstić information content (AvgIpc) is 3.03. The molecule has 2 aromatic carbocycles. The van der Waals surface area contributed by atoms with Crippen molar-refractivity contribution in [2.45, 2.75) is 16.2 Å². The molecular weight excluding hydrogens is 399 g/mol. The Labute approximate surface area is 159 Å². The summed E-state index contributed by atoms with van der Waals surface area (Å²) in [7, 11) is -3.79. The minimum absolute atomic E-state index is 0.0268. The summed E-state index contributed by atoms with van der Waals surface area (Å²) in [6, 6.07) is 10.3. The van der Waals surface area contributed by atoms with Crippen LogP contribution in [-0.2, 0) is 16.3 Å². The fourth-order valence-corrected chi connectivity index (χ4v) is 4.32. The van der Waals surface area contributed by atoms with Crippen LogP contribution < -0.4 is 5.73 Å². The van der Waals surface area contributed by atoms with Gasteiger partial charge in [-0.2, -0.15) is 15.4 Å². The molecule has 0 bridgehead atoms. The van der Waals surface area contributed by atoms with Crippen LogP contribution in [0.4, 0.5) is 0 Å². The van der Waals surface area contributed by atoms with Crippen LogP contribution in [0.1, 0.15) is 21.7 Å². The molecule has 1 amide bonds. The van der Waals surface area contributed by atoms with E-state index in [-0.39, 0.29) is 26.9 Å². The Morgan fingerprint density at radius 3 is 2.38 bits per heavy atom. The molecule has 0 saturated heterocycles. The third-order valence-corrected chi connectivity index (χ3v) is 6.14. The standard InChI is InChI=1S/C16H12Cl2N4O3S/c17-10-2-4-11(5-3-10)26(24,25)14-6-1-9(7-12(14)18)8-13-15(16(19)23)21-22-20-13/h1-7H,8H2,(H2,19,23)(H,20,21,22). The first-order valence-electron chi connectivity index (χ1n) is 7.27. The maximum atomic E-state index is 12.7. The van der Waals surface area contributed by atoms with Crippen LogP contribution in [0.5, 0.6) is 0 Å². The van der Waals surface area contributed by atoms with E-state index in [1.165, 1.54) is 36.4 Å². The van der Waals surface area contributed by atoms with E-state index in [0.717, 1.165) is 0 Å². The maximum absolute atomic E-state index is 12.7. The van der Waals surface area contributed by atoms with Crippen molar-refractivity contribution in [1.82, 2.24) is 15.4 Å². The lowest BCUT2D eigenvalue weighted by Crippen LogP contribution is -2.14. The number of nitrogens with zero attached hydrogens (tertiary/aromatic N) is 2. The highest BCUT2D eigenvalue weighted by molar-refractivity contribution is 7.91. The number of primary amides is 1. The number of H-pyrrole nitrogens is 1. The molecule has 1 heterocycles. The molecule has 3 rings (SSSR count). The Kier molecular flexibility index (Phi) is 4.99. The molecule has 10 heteroatoms. The van der Waals surface area contributed by atoms with Crippen LogP contribution >= 0.6 is 23.2 Å². The number of hydrogen-bond acceptors (Lipinski definition) is 5. The van der Waals surface area contributed by atoms with Crippen molar-refractivity contribution in [3.63, 3.8) is 0 Å². The lowest BCUT2D eigenvalue weighted by molar-refractivity contribution is 0.0994. The van der Waals surface area contributed by atoms with E-state index in [1.54, 1.807) is 6.07 Å². The van der Waals surface area contributed by atoms with Crippen molar-refractivity contribution in [3.05, 3.63) is 69.5 Å². The summed E-state index contributed by atoms with van der Waals surface area (Å²) < 4.78 is 25.4. The molecule has 0 atom stereocenters. The highest BCUT2D eigenvalue weighted by atomic mass is 35.5. The SMILES string of the molecule is NC(=O)c1n[nH]nc1Cc1ccc(S(=O)(=O)c2ccc(Cl)cc2)c(Cl)c1. The number of aromatic amines is 1. The summed E-state index contributed by atoms with van der Waals surface area (Å²) in [6.07, 6.45) is 0.218. The number of halogens is 2. The second-order valence-electron chi connectivity index (χ2n) is 5.38. The fourth-order valence-electron chi connectivity index (χ4n) is 2.38. The van der Waals surface area contributed by atoms with Crippen molar-refractivity contribution >= 4 is 38.9 Å². The van der Waals surface area contributed by atoms with E-state index in [2.05, 4.69) is 15.4 Å². The molecule has 3 N–H and O–H groups in total. The Hall–Kier alpha value is -2.42. The zero-order valence-electron chi connectivity index (χ0n) is 13.1. The molecule has 0 aliphatic carbocycles. The van der Waals surface area contributed by atoms with Gasteiger partial charge in [0, 0.05) is 11.4 Å². The van der Waals surface area contributed by atoms with Crippen molar-refractivity contribution in [2.75, 3.05) is 0 Å². The topological polar surface area (TPSA) is 119 Å². The van der Waals surface area contributed by atoms with E-state index in [4.69, 9.17) is 28.9 Å². The molecular formula is C16H12Cl2N4O3S. The quantitative estimate of drug-likeness (QED) is 0.669. The number of sulfone groups is 1. The Morgan fingerprint density at radius 2 is 1.77 bits per heavy atom. The molecule has 0 saturated carbocycles. The zero-order chi connectivity index (χ0) is 18.9. The highest BCUT2D eigenvalue weighted by Crippen LogP contribution is 2.29. The summed E-state index contributed by atoms with van der Waals surface area (Å²) in [4.78, 5) is 11.4. The fraction of sp³-hybridized carbons (Fsp3) is 0.0625. The summed E-state index contributed by atoms with van der Waals surface area (Å²) in [6.45, 7) is 0. The van der Waals surface area contributed by atoms with Gasteiger partial charge in [-0.3, -0.25) is 4.79 Å². The lowest BCUT2D eigenvalue weighted by Gasteiger charge is -2.09. The normalized spacial score (nSPS) is 11.5. The van der Waals surface area contributed by atoms with Gasteiger partial charge in [-0.05, 0) is 42.0 Å². The van der Waals surface area contributed by atoms with E-state index in [1.807, 2.05) is 0 Å². The van der Waals surface area contributed by atoms with Crippen molar-refractivity contribution < 1.29 is 13.2 Å². The first-order chi connectivity index (χ1) is 12.3. The first-order valence-corrected chi connectivity index (χ1v) is 9.51. The van der Waals surface area contributed by atoms with Crippen molar-refractivity contribution in [2.24, 2.45) is 5.73 Å². The van der Waals surface area contributed by atoms with Crippen LogP contribution in [0.25, 0.3) is 0 Å². The van der Waals surface area contributed by atoms with Crippen LogP contribution in [-0.4, -0.2) is 29.7 Å². The van der Waals surface area contributed by atoms with Gasteiger partial charge in [-0.1, -0.05) is 29.3 Å². The van der Waals surface area contributed by atoms with Gasteiger partial charge in [0.25, 0.3) is 5.91 Å². The van der Waals surface area contributed by atoms with Gasteiger partial charge in [-0.25, -0.2) is 8.42 Å². The van der Waals surface area contributed by atoms with Gasteiger partial charge in [0.15, 0.2) is 5.69 Å². The number of nitrogens with two attached hydrogens (primary N) is 1. The molecule has 0 fully saturated rings. The number of aromatic nitrogens is 3. The van der Waals surface area contributed by atoms with E-state index in [0.29, 0.717) is 16.3 Å². The van der Waals surface area contributed by atoms with E-state index in [9.17, 15) is 13.2 Å². The van der Waals surface area contributed by atoms with Crippen LogP contribution in [0.2, 0.25) is 10.0 Å². The van der Waals surface area contributed by atoms with Gasteiger partial charge in [0.2, 0.25) is 9.84 Å². The van der Waals surface area contributed by atoms with Crippen molar-refractivity contribution in [3.8, 4) is 0 Å². The number of hydrogen-bond donors (Lipinski definition) is 2. The molecule has 0 aliphatic heterocycles. The molecule has 7 nitrogen and oxygen atoms in total. The van der Waals surface area contributed by atoms with E-state index >= 15 is 0 Å². The molecule has 3 aromatic rings. The zero-order valence-corrected chi connectivity index (χ0v) is 15.4. The molecule has 1 aromatic heterocycles. The van der Waals surface area contributed by atoms with Gasteiger partial charge in [-0.15, -0.1) is 0 Å². The van der Waals surface area contributed by atoms with Gasteiger partial charge >= 0.3 is 0 Å². The van der Waals surface area contributed by atoms with Gasteiger partial charge in [0.05, 0.1) is 20.5 Å². The summed E-state index contributed by atoms with van der Waals surface area (Å²) in [5, 5.41) is 10.4. The second-order valence-corrected chi connectivity index (χ2v) is 8.14. The third kappa shape index (κ3) is 3.57. The molecule has 0 spiro atoms. The smallest absolute Gasteiger partial charge is 0.271 e.